The minimum Gasteiger partial charge on any atom is -0.459 e. The average Bonchev–Trinajstić information content (AvgIpc) is 3.68. The number of aromatic amines is 1. The van der Waals surface area contributed by atoms with E-state index < -0.39 is 27.5 Å². The Morgan fingerprint density at radius 3 is 2.44 bits per heavy atom. The first-order valence-electron chi connectivity index (χ1n) is 13.4. The van der Waals surface area contributed by atoms with Crippen LogP contribution in [0.1, 0.15) is 20.9 Å². The van der Waals surface area contributed by atoms with Crippen molar-refractivity contribution in [3.8, 4) is 0 Å². The highest BCUT2D eigenvalue weighted by molar-refractivity contribution is 7.91. The fraction of sp³-hybridized carbons (Fsp3) is 0.167. The highest BCUT2D eigenvalue weighted by Crippen LogP contribution is 2.30. The number of aromatic nitrogens is 2. The first-order chi connectivity index (χ1) is 20.7. The number of amides is 2. The molecule has 0 spiro atoms. The molecule has 3 N–H and O–H groups in total. The molecule has 1 saturated heterocycles. The van der Waals surface area contributed by atoms with Crippen LogP contribution in [0.15, 0.2) is 93.3 Å². The maximum absolute atomic E-state index is 13.8. The normalized spacial score (nSPS) is 14.1. The van der Waals surface area contributed by atoms with Crippen molar-refractivity contribution in [3.63, 3.8) is 0 Å². The second-order valence-corrected chi connectivity index (χ2v) is 12.1. The van der Waals surface area contributed by atoms with Crippen LogP contribution in [0.4, 0.5) is 21.6 Å². The first-order valence-corrected chi connectivity index (χ1v) is 14.9. The molecule has 0 saturated carbocycles. The molecule has 11 nitrogen and oxygen atoms in total. The van der Waals surface area contributed by atoms with Gasteiger partial charge in [0, 0.05) is 37.3 Å². The lowest BCUT2D eigenvalue weighted by Crippen LogP contribution is -2.44. The number of piperazine rings is 1. The van der Waals surface area contributed by atoms with E-state index in [1.165, 1.54) is 42.7 Å². The Labute approximate surface area is 246 Å². The molecule has 3 heterocycles. The molecular formula is C30H27FN6O5S. The first kappa shape index (κ1) is 28.1. The van der Waals surface area contributed by atoms with Crippen LogP contribution >= 0.6 is 0 Å². The number of hydrogen-bond donors (Lipinski definition) is 3. The molecule has 1 aliphatic rings. The lowest BCUT2D eigenvalue weighted by molar-refractivity contribution is 0.0996. The van der Waals surface area contributed by atoms with E-state index in [1.54, 1.807) is 18.2 Å². The highest BCUT2D eigenvalue weighted by Gasteiger charge is 2.23. The van der Waals surface area contributed by atoms with Gasteiger partial charge in [-0.3, -0.25) is 14.7 Å². The number of nitrogens with zero attached hydrogens (tertiary/aromatic N) is 3. The van der Waals surface area contributed by atoms with Crippen molar-refractivity contribution in [1.82, 2.24) is 15.1 Å². The molecule has 43 heavy (non-hydrogen) atoms. The van der Waals surface area contributed by atoms with Crippen LogP contribution < -0.4 is 15.5 Å². The van der Waals surface area contributed by atoms with Gasteiger partial charge in [-0.25, -0.2) is 12.8 Å². The van der Waals surface area contributed by atoms with E-state index in [0.29, 0.717) is 10.9 Å². The number of carbonyl (C=O) groups excluding carboxylic acids is 2. The standard InChI is InChI=1S/C30H27FN6O5S/c1-36-11-13-37(14-12-36)20-7-9-23(26(17-20)32-30(39)27-6-3-15-42-27)29(38)33-28-24-18-22(8-10-25(24)34-35-28)43(40,41)21-5-2-4-19(31)16-21/h2-10,15-18H,11-14H2,1H3,(H,32,39)(H2,33,34,35,38). The third kappa shape index (κ3) is 5.72. The highest BCUT2D eigenvalue weighted by atomic mass is 32.2. The summed E-state index contributed by atoms with van der Waals surface area (Å²) < 4.78 is 45.4. The third-order valence-corrected chi connectivity index (χ3v) is 9.04. The number of furan rings is 1. The van der Waals surface area contributed by atoms with E-state index in [9.17, 15) is 22.4 Å². The van der Waals surface area contributed by atoms with Gasteiger partial charge in [0.2, 0.25) is 9.84 Å². The van der Waals surface area contributed by atoms with Crippen molar-refractivity contribution in [3.05, 3.63) is 96.2 Å². The zero-order valence-electron chi connectivity index (χ0n) is 23.0. The summed E-state index contributed by atoms with van der Waals surface area (Å²) in [5.74, 6) is -1.60. The summed E-state index contributed by atoms with van der Waals surface area (Å²) >= 11 is 0. The zero-order valence-corrected chi connectivity index (χ0v) is 23.8. The van der Waals surface area contributed by atoms with Crippen LogP contribution in [0, 0.1) is 5.82 Å². The topological polar surface area (TPSA) is 141 Å². The molecule has 0 aliphatic carbocycles. The molecule has 0 radical (unpaired) electrons. The molecule has 0 unspecified atom stereocenters. The van der Waals surface area contributed by atoms with E-state index in [1.807, 2.05) is 6.07 Å². The summed E-state index contributed by atoms with van der Waals surface area (Å²) in [5.41, 5.74) is 1.75. The molecule has 6 rings (SSSR count). The van der Waals surface area contributed by atoms with Crippen molar-refractivity contribution >= 4 is 49.7 Å². The quantitative estimate of drug-likeness (QED) is 0.249. The van der Waals surface area contributed by atoms with E-state index in [4.69, 9.17) is 4.42 Å². The van der Waals surface area contributed by atoms with Crippen molar-refractivity contribution in [2.24, 2.45) is 0 Å². The fourth-order valence-electron chi connectivity index (χ4n) is 4.89. The Kier molecular flexibility index (Phi) is 7.42. The molecule has 5 aromatic rings. The van der Waals surface area contributed by atoms with Crippen molar-refractivity contribution in [2.45, 2.75) is 9.79 Å². The second-order valence-electron chi connectivity index (χ2n) is 10.1. The van der Waals surface area contributed by atoms with Crippen LogP contribution in [0.2, 0.25) is 0 Å². The zero-order chi connectivity index (χ0) is 30.1. The van der Waals surface area contributed by atoms with Crippen LogP contribution in [0.3, 0.4) is 0 Å². The number of benzene rings is 3. The SMILES string of the molecule is CN1CCN(c2ccc(C(=O)Nc3n[nH]c4ccc(S(=O)(=O)c5cccc(F)c5)cc34)c(NC(=O)c3ccco3)c2)CC1. The van der Waals surface area contributed by atoms with Gasteiger partial charge in [-0.2, -0.15) is 5.10 Å². The molecule has 2 amide bonds. The number of anilines is 3. The van der Waals surface area contributed by atoms with Gasteiger partial charge in [-0.15, -0.1) is 0 Å². The fourth-order valence-corrected chi connectivity index (χ4v) is 6.21. The van der Waals surface area contributed by atoms with E-state index in [0.717, 1.165) is 44.0 Å². The van der Waals surface area contributed by atoms with Crippen molar-refractivity contribution < 1.29 is 26.8 Å². The van der Waals surface area contributed by atoms with Gasteiger partial charge in [-0.1, -0.05) is 6.07 Å². The number of rotatable bonds is 7. The van der Waals surface area contributed by atoms with Crippen LogP contribution in [-0.2, 0) is 9.84 Å². The molecule has 220 valence electrons. The predicted octanol–water partition coefficient (Wildman–Crippen LogP) is 4.38. The van der Waals surface area contributed by atoms with Crippen LogP contribution in [0.25, 0.3) is 10.9 Å². The number of carbonyl (C=O) groups is 2. The third-order valence-electron chi connectivity index (χ3n) is 7.29. The van der Waals surface area contributed by atoms with Gasteiger partial charge in [0.25, 0.3) is 11.8 Å². The molecule has 0 atom stereocenters. The van der Waals surface area contributed by atoms with Gasteiger partial charge < -0.3 is 24.9 Å². The molecular weight excluding hydrogens is 575 g/mol. The van der Waals surface area contributed by atoms with Gasteiger partial charge in [-0.05, 0) is 73.8 Å². The maximum Gasteiger partial charge on any atom is 0.291 e. The Morgan fingerprint density at radius 2 is 1.70 bits per heavy atom. The number of halogens is 1. The summed E-state index contributed by atoms with van der Waals surface area (Å²) in [6.45, 7) is 3.32. The summed E-state index contributed by atoms with van der Waals surface area (Å²) in [5, 5.41) is 12.8. The number of sulfone groups is 1. The number of H-pyrrole nitrogens is 1. The largest absolute Gasteiger partial charge is 0.459 e. The average molecular weight is 603 g/mol. The Morgan fingerprint density at radius 1 is 0.907 bits per heavy atom. The van der Waals surface area contributed by atoms with Crippen molar-refractivity contribution in [1.29, 1.82) is 0 Å². The monoisotopic (exact) mass is 602 g/mol. The lowest BCUT2D eigenvalue weighted by Gasteiger charge is -2.34. The van der Waals surface area contributed by atoms with Gasteiger partial charge >= 0.3 is 0 Å². The maximum atomic E-state index is 13.8. The van der Waals surface area contributed by atoms with Gasteiger partial charge in [0.1, 0.15) is 5.82 Å². The van der Waals surface area contributed by atoms with Crippen molar-refractivity contribution in [2.75, 3.05) is 48.8 Å². The molecule has 2 aromatic heterocycles. The molecule has 0 bridgehead atoms. The number of nitrogens with one attached hydrogen (secondary N) is 3. The summed E-state index contributed by atoms with van der Waals surface area (Å²) in [6.07, 6.45) is 1.38. The summed E-state index contributed by atoms with van der Waals surface area (Å²) in [7, 11) is -1.99. The minimum atomic E-state index is -4.05. The second kappa shape index (κ2) is 11.3. The molecule has 13 heteroatoms. The summed E-state index contributed by atoms with van der Waals surface area (Å²) in [6, 6.07) is 17.3. The van der Waals surface area contributed by atoms with Gasteiger partial charge in [0.05, 0.1) is 32.8 Å². The molecule has 1 aliphatic heterocycles. The van der Waals surface area contributed by atoms with Crippen LogP contribution in [0.5, 0.6) is 0 Å². The summed E-state index contributed by atoms with van der Waals surface area (Å²) in [4.78, 5) is 30.6. The number of fused-ring (bicyclic) bond motifs is 1. The Balaban J connectivity index is 1.32. The minimum absolute atomic E-state index is 0.0849. The Hall–Kier alpha value is -5.01. The van der Waals surface area contributed by atoms with Crippen LogP contribution in [-0.4, -0.2) is 68.6 Å². The predicted molar refractivity (Wildman–Crippen MR) is 159 cm³/mol. The number of hydrogen-bond acceptors (Lipinski definition) is 8. The van der Waals surface area contributed by atoms with Gasteiger partial charge in [0.15, 0.2) is 11.6 Å². The smallest absolute Gasteiger partial charge is 0.291 e. The van der Waals surface area contributed by atoms with E-state index in [2.05, 4.69) is 37.7 Å². The number of likely N-dealkylation sites (N-methyl/N-ethyl adjacent to an activating group) is 1. The van der Waals surface area contributed by atoms with E-state index >= 15 is 0 Å². The molecule has 1 fully saturated rings. The molecule has 3 aromatic carbocycles. The van der Waals surface area contributed by atoms with E-state index in [-0.39, 0.29) is 32.6 Å². The Bertz CT molecular complexity index is 1930. The lowest BCUT2D eigenvalue weighted by atomic mass is 10.1.